The molecule has 0 aromatic heterocycles. The van der Waals surface area contributed by atoms with E-state index in [2.05, 4.69) is 57.2 Å². The molecule has 0 aliphatic carbocycles. The van der Waals surface area contributed by atoms with Gasteiger partial charge in [0.1, 0.15) is 13.2 Å². The van der Waals surface area contributed by atoms with E-state index in [0.717, 1.165) is 64.2 Å². The Hall–Kier alpha value is -2.37. The van der Waals surface area contributed by atoms with Crippen LogP contribution < -0.4 is 0 Å². The third kappa shape index (κ3) is 54.4. The lowest BCUT2D eigenvalue weighted by Crippen LogP contribution is -2.30. The highest BCUT2D eigenvalue weighted by atomic mass is 16.6. The van der Waals surface area contributed by atoms with Gasteiger partial charge in [0, 0.05) is 19.3 Å². The summed E-state index contributed by atoms with van der Waals surface area (Å²) in [5.41, 5.74) is 0. The first-order chi connectivity index (χ1) is 33.0. The minimum absolute atomic E-state index is 0.0745. The molecule has 0 aromatic rings. The van der Waals surface area contributed by atoms with Gasteiger partial charge in [0.15, 0.2) is 6.10 Å². The normalized spacial score (nSPS) is 12.2. The maximum absolute atomic E-state index is 12.8. The third-order valence-corrected chi connectivity index (χ3v) is 13.1. The van der Waals surface area contributed by atoms with Crippen molar-refractivity contribution < 1.29 is 28.6 Å². The molecule has 1 atom stereocenters. The number of rotatable bonds is 54. The number of esters is 3. The summed E-state index contributed by atoms with van der Waals surface area (Å²) in [6.45, 7) is 6.62. The van der Waals surface area contributed by atoms with Crippen LogP contribution in [0.1, 0.15) is 316 Å². The fourth-order valence-electron chi connectivity index (χ4n) is 8.59. The van der Waals surface area contributed by atoms with Crippen LogP contribution in [0.3, 0.4) is 0 Å². The number of allylic oxidation sites excluding steroid dienone is 6. The fraction of sp³-hybridized carbons (Fsp3) is 0.852. The number of hydrogen-bond donors (Lipinski definition) is 0. The molecule has 0 heterocycles. The zero-order valence-electron chi connectivity index (χ0n) is 44.9. The Labute approximate surface area is 416 Å². The van der Waals surface area contributed by atoms with E-state index in [1.54, 1.807) is 0 Å². The second kappa shape index (κ2) is 56.2. The van der Waals surface area contributed by atoms with Gasteiger partial charge in [0.25, 0.3) is 0 Å². The van der Waals surface area contributed by atoms with E-state index in [9.17, 15) is 14.4 Å². The van der Waals surface area contributed by atoms with E-state index in [1.807, 2.05) is 0 Å². The van der Waals surface area contributed by atoms with Crippen molar-refractivity contribution in [3.8, 4) is 0 Å². The molecule has 0 saturated carbocycles. The zero-order valence-corrected chi connectivity index (χ0v) is 44.9. The quantitative estimate of drug-likeness (QED) is 0.0262. The molecule has 0 aliphatic rings. The van der Waals surface area contributed by atoms with E-state index in [-0.39, 0.29) is 31.1 Å². The first-order valence-corrected chi connectivity index (χ1v) is 29.5. The summed E-state index contributed by atoms with van der Waals surface area (Å²) in [5.74, 6) is -0.874. The van der Waals surface area contributed by atoms with Gasteiger partial charge in [-0.1, -0.05) is 243 Å². The van der Waals surface area contributed by atoms with Gasteiger partial charge in [-0.25, -0.2) is 0 Å². The molecule has 0 spiro atoms. The predicted octanol–water partition coefficient (Wildman–Crippen LogP) is 19.7. The van der Waals surface area contributed by atoms with Gasteiger partial charge >= 0.3 is 17.9 Å². The van der Waals surface area contributed by atoms with E-state index in [0.29, 0.717) is 19.3 Å². The molecule has 392 valence electrons. The SMILES string of the molecule is CCCC/C=C\CCCCCCCC(=O)OC[C@@H](COC(=O)CCCCCCCCCCCCC/C=C\CCCCCCCC)OC(=O)CCCCCCCCC/C=C\CCCCCCCC. The minimum atomic E-state index is -0.776. The molecular weight excluding hydrogens is 829 g/mol. The molecule has 0 unspecified atom stereocenters. The average Bonchev–Trinajstić information content (AvgIpc) is 3.33. The molecule has 6 nitrogen and oxygen atoms in total. The Morgan fingerprint density at radius 1 is 0.284 bits per heavy atom. The molecule has 0 aliphatic heterocycles. The smallest absolute Gasteiger partial charge is 0.306 e. The summed E-state index contributed by atoms with van der Waals surface area (Å²) >= 11 is 0. The highest BCUT2D eigenvalue weighted by Crippen LogP contribution is 2.16. The first kappa shape index (κ1) is 64.6. The largest absolute Gasteiger partial charge is 0.462 e. The lowest BCUT2D eigenvalue weighted by Gasteiger charge is -2.18. The van der Waals surface area contributed by atoms with E-state index >= 15 is 0 Å². The Bertz CT molecular complexity index is 1130. The summed E-state index contributed by atoms with van der Waals surface area (Å²) in [6.07, 6.45) is 67.1. The summed E-state index contributed by atoms with van der Waals surface area (Å²) in [6, 6.07) is 0. The van der Waals surface area contributed by atoms with Gasteiger partial charge in [0.05, 0.1) is 0 Å². The molecule has 0 fully saturated rings. The van der Waals surface area contributed by atoms with Crippen LogP contribution in [0.25, 0.3) is 0 Å². The Morgan fingerprint density at radius 2 is 0.507 bits per heavy atom. The topological polar surface area (TPSA) is 78.9 Å². The number of carbonyl (C=O) groups is 3. The number of unbranched alkanes of at least 4 members (excludes halogenated alkanes) is 37. The molecule has 67 heavy (non-hydrogen) atoms. The lowest BCUT2D eigenvalue weighted by atomic mass is 10.0. The third-order valence-electron chi connectivity index (χ3n) is 13.1. The summed E-state index contributed by atoms with van der Waals surface area (Å²) < 4.78 is 16.9. The van der Waals surface area contributed by atoms with Gasteiger partial charge in [0.2, 0.25) is 0 Å². The lowest BCUT2D eigenvalue weighted by molar-refractivity contribution is -0.167. The van der Waals surface area contributed by atoms with Crippen LogP contribution in [-0.4, -0.2) is 37.2 Å². The van der Waals surface area contributed by atoms with Crippen LogP contribution >= 0.6 is 0 Å². The van der Waals surface area contributed by atoms with Gasteiger partial charge in [-0.2, -0.15) is 0 Å². The second-order valence-corrected chi connectivity index (χ2v) is 19.9. The molecule has 0 amide bonds. The van der Waals surface area contributed by atoms with Crippen molar-refractivity contribution in [1.82, 2.24) is 0 Å². The Balaban J connectivity index is 4.28. The van der Waals surface area contributed by atoms with Crippen LogP contribution in [0, 0.1) is 0 Å². The number of carbonyl (C=O) groups excluding carboxylic acids is 3. The van der Waals surface area contributed by atoms with Crippen molar-refractivity contribution in [2.75, 3.05) is 13.2 Å². The van der Waals surface area contributed by atoms with E-state index in [1.165, 1.54) is 212 Å². The molecular formula is C61H112O6. The monoisotopic (exact) mass is 941 g/mol. The summed E-state index contributed by atoms with van der Waals surface area (Å²) in [5, 5.41) is 0. The summed E-state index contributed by atoms with van der Waals surface area (Å²) in [4.78, 5) is 38.1. The van der Waals surface area contributed by atoms with Gasteiger partial charge in [-0.3, -0.25) is 14.4 Å². The van der Waals surface area contributed by atoms with Crippen molar-refractivity contribution >= 4 is 17.9 Å². The average molecular weight is 942 g/mol. The molecule has 0 radical (unpaired) electrons. The van der Waals surface area contributed by atoms with Crippen molar-refractivity contribution in [1.29, 1.82) is 0 Å². The van der Waals surface area contributed by atoms with Crippen molar-refractivity contribution in [2.24, 2.45) is 0 Å². The standard InChI is InChI=1S/C61H112O6/c1-4-7-10-13-16-19-22-24-26-28-29-30-31-33-34-36-39-42-45-48-51-54-60(63)66-57-58(56-65-59(62)53-50-47-44-41-38-21-18-15-12-9-6-3)67-61(64)55-52-49-46-43-40-37-35-32-27-25-23-20-17-14-11-8-5-2/h15,18,24-27,58H,4-14,16-17,19-23,28-57H2,1-3H3/b18-15-,26-24-,27-25-/t58-/m0/s1. The van der Waals surface area contributed by atoms with E-state index < -0.39 is 6.10 Å². The van der Waals surface area contributed by atoms with Crippen molar-refractivity contribution in [2.45, 2.75) is 322 Å². The van der Waals surface area contributed by atoms with Crippen molar-refractivity contribution in [3.63, 3.8) is 0 Å². The van der Waals surface area contributed by atoms with Crippen LogP contribution in [0.4, 0.5) is 0 Å². The number of hydrogen-bond acceptors (Lipinski definition) is 6. The van der Waals surface area contributed by atoms with Crippen LogP contribution in [0.15, 0.2) is 36.5 Å². The molecule has 6 heteroatoms. The summed E-state index contributed by atoms with van der Waals surface area (Å²) in [7, 11) is 0. The second-order valence-electron chi connectivity index (χ2n) is 19.9. The minimum Gasteiger partial charge on any atom is -0.462 e. The van der Waals surface area contributed by atoms with Gasteiger partial charge in [-0.05, 0) is 89.9 Å². The fourth-order valence-corrected chi connectivity index (χ4v) is 8.59. The highest BCUT2D eigenvalue weighted by molar-refractivity contribution is 5.71. The molecule has 0 rings (SSSR count). The number of ether oxygens (including phenoxy) is 3. The Kier molecular flexibility index (Phi) is 54.2. The molecule has 0 saturated heterocycles. The first-order valence-electron chi connectivity index (χ1n) is 29.5. The molecule has 0 bridgehead atoms. The van der Waals surface area contributed by atoms with Gasteiger partial charge in [-0.15, -0.1) is 0 Å². The highest BCUT2D eigenvalue weighted by Gasteiger charge is 2.19. The van der Waals surface area contributed by atoms with E-state index in [4.69, 9.17) is 14.2 Å². The van der Waals surface area contributed by atoms with Gasteiger partial charge < -0.3 is 14.2 Å². The predicted molar refractivity (Wildman–Crippen MR) is 289 cm³/mol. The van der Waals surface area contributed by atoms with Crippen molar-refractivity contribution in [3.05, 3.63) is 36.5 Å². The van der Waals surface area contributed by atoms with Crippen LogP contribution in [0.2, 0.25) is 0 Å². The molecule has 0 N–H and O–H groups in total. The van der Waals surface area contributed by atoms with Crippen LogP contribution in [0.5, 0.6) is 0 Å². The zero-order chi connectivity index (χ0) is 48.6. The Morgan fingerprint density at radius 3 is 0.791 bits per heavy atom. The maximum Gasteiger partial charge on any atom is 0.306 e. The van der Waals surface area contributed by atoms with Crippen LogP contribution in [-0.2, 0) is 28.6 Å². The maximum atomic E-state index is 12.8. The molecule has 0 aromatic carbocycles.